The minimum Gasteiger partial charge on any atom is -0.488 e. The van der Waals surface area contributed by atoms with Crippen molar-refractivity contribution in [2.45, 2.75) is 45.6 Å². The molecule has 0 bridgehead atoms. The highest BCUT2D eigenvalue weighted by Gasteiger charge is 2.35. The molecule has 26 heavy (non-hydrogen) atoms. The molecule has 1 aromatic heterocycles. The lowest BCUT2D eigenvalue weighted by atomic mass is 10.1. The lowest BCUT2D eigenvalue weighted by Gasteiger charge is -2.23. The maximum Gasteiger partial charge on any atom is 0.258 e. The molecule has 1 saturated heterocycles. The number of carbonyl (C=O) groups excluding carboxylic acids is 1. The van der Waals surface area contributed by atoms with Crippen LogP contribution in [-0.2, 0) is 0 Å². The second kappa shape index (κ2) is 7.72. The Kier molecular flexibility index (Phi) is 5.40. The van der Waals surface area contributed by atoms with Crippen molar-refractivity contribution in [3.63, 3.8) is 0 Å². The Morgan fingerprint density at radius 3 is 2.88 bits per heavy atom. The van der Waals surface area contributed by atoms with E-state index in [2.05, 4.69) is 16.7 Å². The van der Waals surface area contributed by atoms with Gasteiger partial charge in [0.05, 0.1) is 5.56 Å². The Labute approximate surface area is 153 Å². The molecule has 0 saturated carbocycles. The molecule has 0 N–H and O–H groups in total. The van der Waals surface area contributed by atoms with Gasteiger partial charge in [-0.3, -0.25) is 4.79 Å². The number of benzene rings is 1. The van der Waals surface area contributed by atoms with E-state index in [1.54, 1.807) is 11.0 Å². The molecule has 2 heterocycles. The Morgan fingerprint density at radius 2 is 2.19 bits per heavy atom. The van der Waals surface area contributed by atoms with Gasteiger partial charge in [0.15, 0.2) is 5.82 Å². The van der Waals surface area contributed by atoms with Crippen LogP contribution in [0.1, 0.15) is 67.6 Å². The average molecular weight is 355 g/mol. The normalized spacial score (nSPS) is 16.9. The molecule has 138 valence electrons. The second-order valence-electron chi connectivity index (χ2n) is 7.04. The van der Waals surface area contributed by atoms with Crippen molar-refractivity contribution in [2.24, 2.45) is 0 Å². The Morgan fingerprint density at radius 1 is 1.42 bits per heavy atom. The van der Waals surface area contributed by atoms with Crippen LogP contribution >= 0.6 is 0 Å². The summed E-state index contributed by atoms with van der Waals surface area (Å²) in [5.41, 5.74) is 1.45. The van der Waals surface area contributed by atoms with Crippen molar-refractivity contribution in [3.05, 3.63) is 53.7 Å². The van der Waals surface area contributed by atoms with E-state index in [1.807, 2.05) is 39.0 Å². The first-order valence-corrected chi connectivity index (χ1v) is 8.98. The van der Waals surface area contributed by atoms with Crippen molar-refractivity contribution in [3.8, 4) is 5.75 Å². The van der Waals surface area contributed by atoms with Gasteiger partial charge >= 0.3 is 0 Å². The highest BCUT2D eigenvalue weighted by molar-refractivity contribution is 5.97. The topological polar surface area (TPSA) is 68.5 Å². The van der Waals surface area contributed by atoms with Crippen LogP contribution in [0.4, 0.5) is 0 Å². The summed E-state index contributed by atoms with van der Waals surface area (Å²) in [7, 11) is 0. The van der Waals surface area contributed by atoms with Crippen molar-refractivity contribution < 1.29 is 14.1 Å². The summed E-state index contributed by atoms with van der Waals surface area (Å²) in [5.74, 6) is 1.87. The van der Waals surface area contributed by atoms with Crippen molar-refractivity contribution >= 4 is 5.91 Å². The molecule has 1 aromatic carbocycles. The Hall–Kier alpha value is -2.63. The lowest BCUT2D eigenvalue weighted by molar-refractivity contribution is 0.0706. The molecular weight excluding hydrogens is 330 g/mol. The van der Waals surface area contributed by atoms with Crippen LogP contribution in [0.15, 0.2) is 40.9 Å². The van der Waals surface area contributed by atoms with Crippen LogP contribution in [0.2, 0.25) is 0 Å². The van der Waals surface area contributed by atoms with Crippen molar-refractivity contribution in [1.82, 2.24) is 15.0 Å². The smallest absolute Gasteiger partial charge is 0.258 e. The van der Waals surface area contributed by atoms with E-state index in [4.69, 9.17) is 9.26 Å². The van der Waals surface area contributed by atoms with E-state index in [0.717, 1.165) is 18.4 Å². The van der Waals surface area contributed by atoms with E-state index in [-0.39, 0.29) is 17.9 Å². The van der Waals surface area contributed by atoms with Crippen LogP contribution in [0, 0.1) is 0 Å². The van der Waals surface area contributed by atoms with Gasteiger partial charge in [-0.15, -0.1) is 0 Å². The summed E-state index contributed by atoms with van der Waals surface area (Å²) in [6.07, 6.45) is 1.73. The number of hydrogen-bond acceptors (Lipinski definition) is 5. The van der Waals surface area contributed by atoms with E-state index < -0.39 is 0 Å². The molecule has 2 aromatic rings. The number of rotatable bonds is 6. The number of hydrogen-bond donors (Lipinski definition) is 0. The summed E-state index contributed by atoms with van der Waals surface area (Å²) >= 11 is 0. The molecule has 3 rings (SSSR count). The summed E-state index contributed by atoms with van der Waals surface area (Å²) in [4.78, 5) is 19.5. The SMILES string of the molecule is C=C(C)COc1ccccc1C(=O)N1CCCC1c1nc(C(C)C)no1. The molecule has 1 fully saturated rings. The fraction of sp³-hybridized carbons (Fsp3) is 0.450. The quantitative estimate of drug-likeness (QED) is 0.729. The van der Waals surface area contributed by atoms with Gasteiger partial charge in [0, 0.05) is 12.5 Å². The first-order valence-electron chi connectivity index (χ1n) is 8.98. The maximum atomic E-state index is 13.2. The molecule has 1 unspecified atom stereocenters. The summed E-state index contributed by atoms with van der Waals surface area (Å²) in [6, 6.07) is 7.12. The van der Waals surface area contributed by atoms with Gasteiger partial charge in [0.25, 0.3) is 5.91 Å². The molecule has 1 aliphatic heterocycles. The molecule has 0 aliphatic carbocycles. The van der Waals surface area contributed by atoms with Crippen LogP contribution in [0.5, 0.6) is 5.75 Å². The number of aromatic nitrogens is 2. The number of para-hydroxylation sites is 1. The maximum absolute atomic E-state index is 13.2. The molecule has 1 aliphatic rings. The first kappa shape index (κ1) is 18.2. The molecule has 0 spiro atoms. The van der Waals surface area contributed by atoms with E-state index >= 15 is 0 Å². The second-order valence-corrected chi connectivity index (χ2v) is 7.04. The van der Waals surface area contributed by atoms with Gasteiger partial charge in [-0.1, -0.05) is 37.7 Å². The third kappa shape index (κ3) is 3.79. The minimum atomic E-state index is -0.184. The van der Waals surface area contributed by atoms with E-state index in [1.165, 1.54) is 0 Å². The van der Waals surface area contributed by atoms with E-state index in [0.29, 0.717) is 36.2 Å². The lowest BCUT2D eigenvalue weighted by Crippen LogP contribution is -2.31. The Bertz CT molecular complexity index is 797. The predicted molar refractivity (Wildman–Crippen MR) is 98.1 cm³/mol. The number of ether oxygens (including phenoxy) is 1. The highest BCUT2D eigenvalue weighted by Crippen LogP contribution is 2.34. The van der Waals surface area contributed by atoms with Gasteiger partial charge in [0.1, 0.15) is 18.4 Å². The molecule has 1 amide bonds. The van der Waals surface area contributed by atoms with E-state index in [9.17, 15) is 4.79 Å². The van der Waals surface area contributed by atoms with Crippen LogP contribution < -0.4 is 4.74 Å². The number of amides is 1. The standard InChI is InChI=1S/C20H25N3O3/c1-13(2)12-25-17-10-6-5-8-15(17)20(24)23-11-7-9-16(23)19-21-18(14(3)4)22-26-19/h5-6,8,10,14,16H,1,7,9,11-12H2,2-4H3. The highest BCUT2D eigenvalue weighted by atomic mass is 16.5. The van der Waals surface area contributed by atoms with Gasteiger partial charge in [0.2, 0.25) is 5.89 Å². The third-order valence-corrected chi connectivity index (χ3v) is 4.36. The fourth-order valence-corrected chi connectivity index (χ4v) is 3.01. The first-order chi connectivity index (χ1) is 12.5. The average Bonchev–Trinajstić information content (AvgIpc) is 3.28. The minimum absolute atomic E-state index is 0.0749. The third-order valence-electron chi connectivity index (χ3n) is 4.36. The summed E-state index contributed by atoms with van der Waals surface area (Å²) in [6.45, 7) is 10.8. The largest absolute Gasteiger partial charge is 0.488 e. The monoisotopic (exact) mass is 355 g/mol. The molecule has 6 heteroatoms. The Balaban J connectivity index is 1.83. The zero-order valence-corrected chi connectivity index (χ0v) is 15.6. The molecule has 0 radical (unpaired) electrons. The molecule has 1 atom stereocenters. The number of likely N-dealkylation sites (tertiary alicyclic amines) is 1. The molecular formula is C20H25N3O3. The van der Waals surface area contributed by atoms with Gasteiger partial charge in [-0.2, -0.15) is 4.98 Å². The predicted octanol–water partition coefficient (Wildman–Crippen LogP) is 4.13. The van der Waals surface area contributed by atoms with Gasteiger partial charge < -0.3 is 14.2 Å². The molecule has 6 nitrogen and oxygen atoms in total. The van der Waals surface area contributed by atoms with Gasteiger partial charge in [-0.25, -0.2) is 0 Å². The number of carbonyl (C=O) groups is 1. The van der Waals surface area contributed by atoms with Crippen LogP contribution in [0.3, 0.4) is 0 Å². The fourth-order valence-electron chi connectivity index (χ4n) is 3.01. The summed E-state index contributed by atoms with van der Waals surface area (Å²) < 4.78 is 11.2. The number of nitrogens with zero attached hydrogens (tertiary/aromatic N) is 3. The zero-order chi connectivity index (χ0) is 18.7. The zero-order valence-electron chi connectivity index (χ0n) is 15.6. The van der Waals surface area contributed by atoms with Crippen molar-refractivity contribution in [2.75, 3.05) is 13.2 Å². The van der Waals surface area contributed by atoms with Crippen LogP contribution in [0.25, 0.3) is 0 Å². The van der Waals surface area contributed by atoms with Crippen molar-refractivity contribution in [1.29, 1.82) is 0 Å². The summed E-state index contributed by atoms with van der Waals surface area (Å²) in [5, 5.41) is 4.03. The van der Waals surface area contributed by atoms with Crippen LogP contribution in [-0.4, -0.2) is 34.1 Å². The van der Waals surface area contributed by atoms with Gasteiger partial charge in [-0.05, 0) is 37.5 Å².